The molecule has 19 heavy (non-hydrogen) atoms. The van der Waals surface area contributed by atoms with Gasteiger partial charge in [0.1, 0.15) is 11.5 Å². The lowest BCUT2D eigenvalue weighted by Crippen LogP contribution is -2.14. The standard InChI is InChI=1S/C16H18BrNO/c1-2-11-9-12(17)3-7-15(11)16-8-6-14(19-16)10-18-13-4-5-13/h3,6-9,13,18H,2,4-5,10H2,1H3. The Hall–Kier alpha value is -1.06. The van der Waals surface area contributed by atoms with Crippen molar-refractivity contribution in [3.05, 3.63) is 46.1 Å². The molecule has 0 atom stereocenters. The molecule has 1 aliphatic rings. The van der Waals surface area contributed by atoms with E-state index in [1.807, 2.05) is 0 Å². The van der Waals surface area contributed by atoms with Gasteiger partial charge >= 0.3 is 0 Å². The molecule has 100 valence electrons. The smallest absolute Gasteiger partial charge is 0.134 e. The zero-order chi connectivity index (χ0) is 13.2. The van der Waals surface area contributed by atoms with Gasteiger partial charge in [0.25, 0.3) is 0 Å². The largest absolute Gasteiger partial charge is 0.460 e. The van der Waals surface area contributed by atoms with Crippen molar-refractivity contribution in [1.29, 1.82) is 0 Å². The van der Waals surface area contributed by atoms with Gasteiger partial charge < -0.3 is 9.73 Å². The summed E-state index contributed by atoms with van der Waals surface area (Å²) in [4.78, 5) is 0. The van der Waals surface area contributed by atoms with Crippen molar-refractivity contribution >= 4 is 15.9 Å². The van der Waals surface area contributed by atoms with E-state index in [4.69, 9.17) is 4.42 Å². The molecule has 0 bridgehead atoms. The molecule has 0 radical (unpaired) electrons. The second kappa shape index (κ2) is 5.51. The Balaban J connectivity index is 1.80. The average Bonchev–Trinajstić information content (AvgIpc) is 3.14. The van der Waals surface area contributed by atoms with Crippen molar-refractivity contribution in [2.75, 3.05) is 0 Å². The summed E-state index contributed by atoms with van der Waals surface area (Å²) in [5.74, 6) is 1.99. The van der Waals surface area contributed by atoms with Gasteiger partial charge in [0.15, 0.2) is 0 Å². The number of aryl methyl sites for hydroxylation is 1. The average molecular weight is 320 g/mol. The summed E-state index contributed by atoms with van der Waals surface area (Å²) in [6, 6.07) is 11.2. The monoisotopic (exact) mass is 319 g/mol. The molecule has 1 N–H and O–H groups in total. The highest BCUT2D eigenvalue weighted by Crippen LogP contribution is 2.29. The number of hydrogen-bond acceptors (Lipinski definition) is 2. The van der Waals surface area contributed by atoms with Gasteiger partial charge in [-0.3, -0.25) is 0 Å². The van der Waals surface area contributed by atoms with Crippen molar-refractivity contribution in [1.82, 2.24) is 5.32 Å². The fourth-order valence-corrected chi connectivity index (χ4v) is 2.65. The van der Waals surface area contributed by atoms with Crippen molar-refractivity contribution < 1.29 is 4.42 Å². The Morgan fingerprint density at radius 2 is 2.11 bits per heavy atom. The summed E-state index contributed by atoms with van der Waals surface area (Å²) in [5, 5.41) is 3.47. The summed E-state index contributed by atoms with van der Waals surface area (Å²) in [7, 11) is 0. The van der Waals surface area contributed by atoms with Crippen LogP contribution in [-0.2, 0) is 13.0 Å². The molecule has 3 rings (SSSR count). The van der Waals surface area contributed by atoms with Crippen LogP contribution in [0.15, 0.2) is 39.2 Å². The zero-order valence-corrected chi connectivity index (χ0v) is 12.7. The van der Waals surface area contributed by atoms with E-state index >= 15 is 0 Å². The molecule has 1 aliphatic carbocycles. The maximum absolute atomic E-state index is 5.95. The van der Waals surface area contributed by atoms with E-state index in [1.54, 1.807) is 0 Å². The molecule has 2 aromatic rings. The summed E-state index contributed by atoms with van der Waals surface area (Å²) in [6.45, 7) is 3.01. The first-order valence-corrected chi connectivity index (χ1v) is 7.66. The first kappa shape index (κ1) is 12.9. The van der Waals surface area contributed by atoms with Crippen LogP contribution in [0.2, 0.25) is 0 Å². The van der Waals surface area contributed by atoms with E-state index in [0.717, 1.165) is 29.0 Å². The van der Waals surface area contributed by atoms with Crippen LogP contribution < -0.4 is 5.32 Å². The number of benzene rings is 1. The highest BCUT2D eigenvalue weighted by Gasteiger charge is 2.20. The van der Waals surface area contributed by atoms with Crippen LogP contribution >= 0.6 is 15.9 Å². The number of nitrogens with one attached hydrogen (secondary N) is 1. The maximum Gasteiger partial charge on any atom is 0.134 e. The molecule has 0 unspecified atom stereocenters. The molecule has 1 aromatic carbocycles. The molecule has 0 spiro atoms. The van der Waals surface area contributed by atoms with Crippen molar-refractivity contribution in [3.63, 3.8) is 0 Å². The van der Waals surface area contributed by atoms with Crippen molar-refractivity contribution in [2.45, 2.75) is 38.8 Å². The third kappa shape index (κ3) is 3.10. The van der Waals surface area contributed by atoms with Gasteiger partial charge in [-0.2, -0.15) is 0 Å². The number of halogens is 1. The van der Waals surface area contributed by atoms with Crippen LogP contribution in [0.1, 0.15) is 31.1 Å². The van der Waals surface area contributed by atoms with Gasteiger partial charge in [0.05, 0.1) is 6.54 Å². The van der Waals surface area contributed by atoms with E-state index < -0.39 is 0 Å². The Morgan fingerprint density at radius 1 is 1.26 bits per heavy atom. The molecule has 1 saturated carbocycles. The predicted octanol–water partition coefficient (Wildman–Crippen LogP) is 4.52. The Labute approximate surface area is 122 Å². The lowest BCUT2D eigenvalue weighted by molar-refractivity contribution is 0.492. The lowest BCUT2D eigenvalue weighted by atomic mass is 10.0. The van der Waals surface area contributed by atoms with Crippen molar-refractivity contribution in [2.24, 2.45) is 0 Å². The predicted molar refractivity (Wildman–Crippen MR) is 81.1 cm³/mol. The summed E-state index contributed by atoms with van der Waals surface area (Å²) < 4.78 is 7.07. The Morgan fingerprint density at radius 3 is 2.84 bits per heavy atom. The van der Waals surface area contributed by atoms with Gasteiger partial charge in [-0.15, -0.1) is 0 Å². The van der Waals surface area contributed by atoms with E-state index in [-0.39, 0.29) is 0 Å². The molecule has 3 heteroatoms. The fraction of sp³-hybridized carbons (Fsp3) is 0.375. The van der Waals surface area contributed by atoms with Gasteiger partial charge in [-0.25, -0.2) is 0 Å². The molecule has 0 saturated heterocycles. The van der Waals surface area contributed by atoms with E-state index in [2.05, 4.69) is 58.5 Å². The van der Waals surface area contributed by atoms with Crippen molar-refractivity contribution in [3.8, 4) is 11.3 Å². The minimum absolute atomic E-state index is 0.715. The minimum Gasteiger partial charge on any atom is -0.460 e. The minimum atomic E-state index is 0.715. The van der Waals surface area contributed by atoms with Gasteiger partial charge in [-0.05, 0) is 55.2 Å². The highest BCUT2D eigenvalue weighted by molar-refractivity contribution is 9.10. The van der Waals surface area contributed by atoms with Crippen LogP contribution in [0.5, 0.6) is 0 Å². The lowest BCUT2D eigenvalue weighted by Gasteiger charge is -2.06. The third-order valence-corrected chi connectivity index (χ3v) is 4.01. The molecular formula is C16H18BrNO. The second-order valence-electron chi connectivity index (χ2n) is 5.08. The van der Waals surface area contributed by atoms with E-state index in [0.29, 0.717) is 6.04 Å². The highest BCUT2D eigenvalue weighted by atomic mass is 79.9. The molecule has 0 aliphatic heterocycles. The summed E-state index contributed by atoms with van der Waals surface area (Å²) in [6.07, 6.45) is 3.62. The zero-order valence-electron chi connectivity index (χ0n) is 11.1. The van der Waals surface area contributed by atoms with E-state index in [9.17, 15) is 0 Å². The van der Waals surface area contributed by atoms with Crippen LogP contribution in [0.25, 0.3) is 11.3 Å². The van der Waals surface area contributed by atoms with Gasteiger partial charge in [-0.1, -0.05) is 22.9 Å². The van der Waals surface area contributed by atoms with Crippen LogP contribution in [0, 0.1) is 0 Å². The molecule has 1 heterocycles. The number of furan rings is 1. The van der Waals surface area contributed by atoms with E-state index in [1.165, 1.54) is 24.0 Å². The first-order chi connectivity index (χ1) is 9.26. The van der Waals surface area contributed by atoms with Gasteiger partial charge in [0.2, 0.25) is 0 Å². The Bertz CT molecular complexity index is 572. The maximum atomic E-state index is 5.95. The summed E-state index contributed by atoms with van der Waals surface area (Å²) >= 11 is 3.52. The molecular weight excluding hydrogens is 302 g/mol. The normalized spacial score (nSPS) is 14.8. The summed E-state index contributed by atoms with van der Waals surface area (Å²) in [5.41, 5.74) is 2.51. The third-order valence-electron chi connectivity index (χ3n) is 3.52. The Kier molecular flexibility index (Phi) is 3.76. The van der Waals surface area contributed by atoms with Crippen LogP contribution in [0.4, 0.5) is 0 Å². The van der Waals surface area contributed by atoms with Crippen LogP contribution in [-0.4, -0.2) is 6.04 Å². The first-order valence-electron chi connectivity index (χ1n) is 6.87. The topological polar surface area (TPSA) is 25.2 Å². The quantitative estimate of drug-likeness (QED) is 0.876. The molecule has 2 nitrogen and oxygen atoms in total. The van der Waals surface area contributed by atoms with Gasteiger partial charge in [0, 0.05) is 16.1 Å². The fourth-order valence-electron chi connectivity index (χ4n) is 2.25. The molecule has 0 amide bonds. The molecule has 1 fully saturated rings. The number of rotatable bonds is 5. The molecule has 1 aromatic heterocycles. The van der Waals surface area contributed by atoms with Crippen LogP contribution in [0.3, 0.4) is 0 Å². The number of hydrogen-bond donors (Lipinski definition) is 1. The second-order valence-corrected chi connectivity index (χ2v) is 5.99. The SMILES string of the molecule is CCc1cc(Br)ccc1-c1ccc(CNC2CC2)o1.